The standard InChI is InChI=1S/C10H13BrO2/c1-12-6-8-4-3-5-10(11)9(8)7-13-2/h3-5H,6-7H2,1-2H3. The van der Waals surface area contributed by atoms with E-state index in [1.165, 1.54) is 5.56 Å². The van der Waals surface area contributed by atoms with E-state index in [1.807, 2.05) is 18.2 Å². The molecule has 0 radical (unpaired) electrons. The minimum absolute atomic E-state index is 0.611. The van der Waals surface area contributed by atoms with Gasteiger partial charge in [-0.1, -0.05) is 28.1 Å². The van der Waals surface area contributed by atoms with E-state index in [4.69, 9.17) is 9.47 Å². The normalized spacial score (nSPS) is 10.4. The van der Waals surface area contributed by atoms with E-state index in [0.717, 1.165) is 10.0 Å². The van der Waals surface area contributed by atoms with Crippen LogP contribution < -0.4 is 0 Å². The summed E-state index contributed by atoms with van der Waals surface area (Å²) in [5.41, 5.74) is 2.32. The monoisotopic (exact) mass is 244 g/mol. The zero-order valence-electron chi connectivity index (χ0n) is 7.84. The zero-order chi connectivity index (χ0) is 9.68. The molecule has 0 aliphatic carbocycles. The molecule has 0 spiro atoms. The quantitative estimate of drug-likeness (QED) is 0.811. The number of hydrogen-bond donors (Lipinski definition) is 0. The van der Waals surface area contributed by atoms with Crippen LogP contribution in [0.15, 0.2) is 22.7 Å². The fourth-order valence-corrected chi connectivity index (χ4v) is 1.72. The van der Waals surface area contributed by atoms with Crippen LogP contribution in [0, 0.1) is 0 Å². The van der Waals surface area contributed by atoms with Crippen molar-refractivity contribution < 1.29 is 9.47 Å². The van der Waals surface area contributed by atoms with Crippen molar-refractivity contribution in [2.75, 3.05) is 14.2 Å². The maximum atomic E-state index is 5.11. The van der Waals surface area contributed by atoms with Crippen LogP contribution in [0.2, 0.25) is 0 Å². The number of rotatable bonds is 4. The second-order valence-electron chi connectivity index (χ2n) is 2.74. The first kappa shape index (κ1) is 10.7. The molecule has 0 fully saturated rings. The van der Waals surface area contributed by atoms with Crippen LogP contribution in [0.1, 0.15) is 11.1 Å². The summed E-state index contributed by atoms with van der Waals surface area (Å²) in [6, 6.07) is 6.05. The van der Waals surface area contributed by atoms with Gasteiger partial charge in [-0.2, -0.15) is 0 Å². The Morgan fingerprint density at radius 1 is 1.15 bits per heavy atom. The number of benzene rings is 1. The molecule has 1 rings (SSSR count). The number of ether oxygens (including phenoxy) is 2. The third-order valence-electron chi connectivity index (χ3n) is 1.80. The van der Waals surface area contributed by atoms with E-state index in [0.29, 0.717) is 13.2 Å². The van der Waals surface area contributed by atoms with Crippen LogP contribution in [-0.2, 0) is 22.7 Å². The van der Waals surface area contributed by atoms with Crippen molar-refractivity contribution in [1.29, 1.82) is 0 Å². The second kappa shape index (κ2) is 5.37. The van der Waals surface area contributed by atoms with Gasteiger partial charge in [0.15, 0.2) is 0 Å². The van der Waals surface area contributed by atoms with Gasteiger partial charge in [0.2, 0.25) is 0 Å². The van der Waals surface area contributed by atoms with E-state index >= 15 is 0 Å². The average molecular weight is 245 g/mol. The van der Waals surface area contributed by atoms with Gasteiger partial charge in [-0.25, -0.2) is 0 Å². The first-order chi connectivity index (χ1) is 6.29. The molecule has 0 atom stereocenters. The molecular formula is C10H13BrO2. The molecule has 0 bridgehead atoms. The first-order valence-corrected chi connectivity index (χ1v) is 4.83. The predicted octanol–water partition coefficient (Wildman–Crippen LogP) is 2.74. The van der Waals surface area contributed by atoms with Gasteiger partial charge in [0.1, 0.15) is 0 Å². The molecule has 0 heterocycles. The van der Waals surface area contributed by atoms with Crippen molar-refractivity contribution in [2.45, 2.75) is 13.2 Å². The van der Waals surface area contributed by atoms with Gasteiger partial charge in [-0.05, 0) is 17.2 Å². The molecule has 0 amide bonds. The van der Waals surface area contributed by atoms with E-state index in [9.17, 15) is 0 Å². The summed E-state index contributed by atoms with van der Waals surface area (Å²) >= 11 is 3.48. The predicted molar refractivity (Wildman–Crippen MR) is 55.6 cm³/mol. The Bertz CT molecular complexity index is 274. The third kappa shape index (κ3) is 2.79. The summed E-state index contributed by atoms with van der Waals surface area (Å²) in [5, 5.41) is 0. The highest BCUT2D eigenvalue weighted by Crippen LogP contribution is 2.21. The fourth-order valence-electron chi connectivity index (χ4n) is 1.20. The average Bonchev–Trinajstić information content (AvgIpc) is 2.11. The van der Waals surface area contributed by atoms with E-state index in [1.54, 1.807) is 14.2 Å². The Morgan fingerprint density at radius 3 is 2.46 bits per heavy atom. The molecule has 0 N–H and O–H groups in total. The second-order valence-corrected chi connectivity index (χ2v) is 3.60. The molecule has 0 aromatic heterocycles. The van der Waals surface area contributed by atoms with Crippen LogP contribution in [-0.4, -0.2) is 14.2 Å². The largest absolute Gasteiger partial charge is 0.380 e. The smallest absolute Gasteiger partial charge is 0.0727 e. The molecule has 0 aliphatic rings. The fraction of sp³-hybridized carbons (Fsp3) is 0.400. The minimum atomic E-state index is 0.611. The van der Waals surface area contributed by atoms with Crippen molar-refractivity contribution >= 4 is 15.9 Å². The van der Waals surface area contributed by atoms with Crippen LogP contribution in [0.3, 0.4) is 0 Å². The molecular weight excluding hydrogens is 232 g/mol. The number of methoxy groups -OCH3 is 2. The van der Waals surface area contributed by atoms with E-state index < -0.39 is 0 Å². The van der Waals surface area contributed by atoms with Gasteiger partial charge in [0, 0.05) is 18.7 Å². The van der Waals surface area contributed by atoms with Crippen molar-refractivity contribution in [3.63, 3.8) is 0 Å². The Balaban J connectivity index is 2.95. The molecule has 0 saturated heterocycles. The first-order valence-electron chi connectivity index (χ1n) is 4.03. The summed E-state index contributed by atoms with van der Waals surface area (Å²) in [6.45, 7) is 1.23. The van der Waals surface area contributed by atoms with Crippen LogP contribution >= 0.6 is 15.9 Å². The molecule has 0 saturated carbocycles. The van der Waals surface area contributed by atoms with Gasteiger partial charge >= 0.3 is 0 Å². The number of halogens is 1. The molecule has 0 aliphatic heterocycles. The summed E-state index contributed by atoms with van der Waals surface area (Å²) in [7, 11) is 3.38. The lowest BCUT2D eigenvalue weighted by molar-refractivity contribution is 0.168. The lowest BCUT2D eigenvalue weighted by Crippen LogP contribution is -1.98. The maximum Gasteiger partial charge on any atom is 0.0727 e. The highest BCUT2D eigenvalue weighted by molar-refractivity contribution is 9.10. The van der Waals surface area contributed by atoms with Crippen molar-refractivity contribution in [2.24, 2.45) is 0 Å². The zero-order valence-corrected chi connectivity index (χ0v) is 9.43. The van der Waals surface area contributed by atoms with E-state index in [-0.39, 0.29) is 0 Å². The topological polar surface area (TPSA) is 18.5 Å². The van der Waals surface area contributed by atoms with Crippen molar-refractivity contribution in [3.8, 4) is 0 Å². The lowest BCUT2D eigenvalue weighted by Gasteiger charge is -2.09. The number of hydrogen-bond acceptors (Lipinski definition) is 2. The summed E-state index contributed by atoms with van der Waals surface area (Å²) in [5.74, 6) is 0. The highest BCUT2D eigenvalue weighted by atomic mass is 79.9. The molecule has 1 aromatic carbocycles. The van der Waals surface area contributed by atoms with Gasteiger partial charge in [0.05, 0.1) is 13.2 Å². The summed E-state index contributed by atoms with van der Waals surface area (Å²) in [4.78, 5) is 0. The molecule has 72 valence electrons. The van der Waals surface area contributed by atoms with Crippen molar-refractivity contribution in [3.05, 3.63) is 33.8 Å². The lowest BCUT2D eigenvalue weighted by atomic mass is 10.1. The third-order valence-corrected chi connectivity index (χ3v) is 2.55. The van der Waals surface area contributed by atoms with Crippen molar-refractivity contribution in [1.82, 2.24) is 0 Å². The molecule has 1 aromatic rings. The summed E-state index contributed by atoms with van der Waals surface area (Å²) < 4.78 is 11.3. The van der Waals surface area contributed by atoms with Gasteiger partial charge in [-0.15, -0.1) is 0 Å². The highest BCUT2D eigenvalue weighted by Gasteiger charge is 2.05. The Hall–Kier alpha value is -0.380. The Kier molecular flexibility index (Phi) is 4.42. The van der Waals surface area contributed by atoms with E-state index in [2.05, 4.69) is 15.9 Å². The molecule has 2 nitrogen and oxygen atoms in total. The van der Waals surface area contributed by atoms with Gasteiger partial charge in [-0.3, -0.25) is 0 Å². The maximum absolute atomic E-state index is 5.11. The Morgan fingerprint density at radius 2 is 1.85 bits per heavy atom. The van der Waals surface area contributed by atoms with Gasteiger partial charge < -0.3 is 9.47 Å². The Labute approximate surface area is 87.0 Å². The van der Waals surface area contributed by atoms with Gasteiger partial charge in [0.25, 0.3) is 0 Å². The van der Waals surface area contributed by atoms with Crippen LogP contribution in [0.25, 0.3) is 0 Å². The summed E-state index contributed by atoms with van der Waals surface area (Å²) in [6.07, 6.45) is 0. The molecule has 0 unspecified atom stereocenters. The van der Waals surface area contributed by atoms with Crippen LogP contribution in [0.5, 0.6) is 0 Å². The SMILES string of the molecule is COCc1cccc(Br)c1COC. The minimum Gasteiger partial charge on any atom is -0.380 e. The molecule has 3 heteroatoms. The molecule has 13 heavy (non-hydrogen) atoms. The van der Waals surface area contributed by atoms with Crippen LogP contribution in [0.4, 0.5) is 0 Å².